The maximum atomic E-state index is 12.1. The van der Waals surface area contributed by atoms with Crippen LogP contribution in [0, 0.1) is 0 Å². The second-order valence-corrected chi connectivity index (χ2v) is 6.32. The second-order valence-electron chi connectivity index (χ2n) is 4.64. The molecule has 0 fully saturated rings. The van der Waals surface area contributed by atoms with Crippen molar-refractivity contribution in [3.05, 3.63) is 24.3 Å². The van der Waals surface area contributed by atoms with Gasteiger partial charge >= 0.3 is 0 Å². The lowest BCUT2D eigenvalue weighted by molar-refractivity contribution is 0.246. The van der Waals surface area contributed by atoms with E-state index >= 15 is 0 Å². The fourth-order valence-corrected chi connectivity index (χ4v) is 2.95. The molecular weight excluding hydrogens is 254 g/mol. The molecule has 6 heteroatoms. The van der Waals surface area contributed by atoms with Crippen LogP contribution in [0.15, 0.2) is 29.2 Å². The van der Waals surface area contributed by atoms with Gasteiger partial charge in [-0.3, -0.25) is 0 Å². The molecule has 2 N–H and O–H groups in total. The summed E-state index contributed by atoms with van der Waals surface area (Å²) in [6.45, 7) is 3.38. The minimum atomic E-state index is -3.58. The lowest BCUT2D eigenvalue weighted by Gasteiger charge is -2.25. The molecule has 18 heavy (non-hydrogen) atoms. The highest BCUT2D eigenvalue weighted by Crippen LogP contribution is 2.18. The molecule has 0 bridgehead atoms. The van der Waals surface area contributed by atoms with Crippen molar-refractivity contribution >= 4 is 10.0 Å². The fourth-order valence-electron chi connectivity index (χ4n) is 1.51. The topological polar surface area (TPSA) is 75.6 Å². The molecule has 0 aliphatic heterocycles. The van der Waals surface area contributed by atoms with E-state index in [4.69, 9.17) is 9.84 Å². The van der Waals surface area contributed by atoms with E-state index < -0.39 is 15.6 Å². The van der Waals surface area contributed by atoms with Crippen molar-refractivity contribution in [1.29, 1.82) is 0 Å². The van der Waals surface area contributed by atoms with Gasteiger partial charge in [0.2, 0.25) is 10.0 Å². The summed E-state index contributed by atoms with van der Waals surface area (Å²) in [5.41, 5.74) is -0.687. The molecule has 102 valence electrons. The molecule has 0 unspecified atom stereocenters. The fraction of sp³-hybridized carbons (Fsp3) is 0.500. The third-order valence-corrected chi connectivity index (χ3v) is 4.23. The number of hydrogen-bond acceptors (Lipinski definition) is 4. The van der Waals surface area contributed by atoms with E-state index in [-0.39, 0.29) is 11.5 Å². The monoisotopic (exact) mass is 273 g/mol. The van der Waals surface area contributed by atoms with Crippen molar-refractivity contribution in [1.82, 2.24) is 4.72 Å². The summed E-state index contributed by atoms with van der Waals surface area (Å²) >= 11 is 0. The Morgan fingerprint density at radius 1 is 1.28 bits per heavy atom. The highest BCUT2D eigenvalue weighted by molar-refractivity contribution is 7.89. The minimum Gasteiger partial charge on any atom is -0.497 e. The lowest BCUT2D eigenvalue weighted by Crippen LogP contribution is -2.43. The highest BCUT2D eigenvalue weighted by atomic mass is 32.2. The number of nitrogens with one attached hydrogen (secondary N) is 1. The molecular formula is C12H19NO4S. The Bertz CT molecular complexity index is 479. The number of benzene rings is 1. The van der Waals surface area contributed by atoms with E-state index in [1.54, 1.807) is 26.0 Å². The summed E-state index contributed by atoms with van der Waals surface area (Å²) in [4.78, 5) is 0.175. The average Bonchev–Trinajstić information content (AvgIpc) is 2.27. The van der Waals surface area contributed by atoms with Crippen molar-refractivity contribution in [2.75, 3.05) is 13.7 Å². The molecule has 0 spiro atoms. The number of methoxy groups -OCH3 is 1. The number of rotatable bonds is 6. The van der Waals surface area contributed by atoms with E-state index in [1.165, 1.54) is 19.2 Å². The van der Waals surface area contributed by atoms with E-state index in [1.807, 2.05) is 0 Å². The zero-order valence-electron chi connectivity index (χ0n) is 10.8. The van der Waals surface area contributed by atoms with Crippen molar-refractivity contribution in [2.45, 2.75) is 30.7 Å². The van der Waals surface area contributed by atoms with Gasteiger partial charge in [0.1, 0.15) is 5.75 Å². The van der Waals surface area contributed by atoms with Crippen molar-refractivity contribution in [2.24, 2.45) is 0 Å². The van der Waals surface area contributed by atoms with Crippen LogP contribution in [0.2, 0.25) is 0 Å². The van der Waals surface area contributed by atoms with Crippen LogP contribution in [0.25, 0.3) is 0 Å². The third kappa shape index (κ3) is 3.97. The van der Waals surface area contributed by atoms with Gasteiger partial charge in [0.05, 0.1) is 12.0 Å². The van der Waals surface area contributed by atoms with E-state index in [0.717, 1.165) is 0 Å². The number of sulfonamides is 1. The summed E-state index contributed by atoms with van der Waals surface area (Å²) in [7, 11) is -2.06. The van der Waals surface area contributed by atoms with Gasteiger partial charge in [0, 0.05) is 12.1 Å². The van der Waals surface area contributed by atoms with Crippen LogP contribution in [-0.2, 0) is 10.0 Å². The first kappa shape index (κ1) is 14.9. The normalized spacial score (nSPS) is 12.4. The van der Waals surface area contributed by atoms with Gasteiger partial charge in [-0.2, -0.15) is 0 Å². The molecule has 0 aromatic heterocycles. The molecule has 0 atom stereocenters. The number of aliphatic hydroxyl groups is 1. The summed E-state index contributed by atoms with van der Waals surface area (Å²) in [6.07, 6.45) is 0.350. The standard InChI is InChI=1S/C12H19NO4S/c1-12(2,8-9-14)13-18(15,16)11-6-4-10(17-3)5-7-11/h4-7,13-14H,8-9H2,1-3H3. The van der Waals surface area contributed by atoms with Crippen molar-refractivity contribution in [3.63, 3.8) is 0 Å². The van der Waals surface area contributed by atoms with E-state index in [2.05, 4.69) is 4.72 Å². The molecule has 1 aromatic carbocycles. The lowest BCUT2D eigenvalue weighted by atomic mass is 10.0. The Hall–Kier alpha value is -1.11. The first-order valence-electron chi connectivity index (χ1n) is 5.60. The summed E-state index contributed by atoms with van der Waals surface area (Å²) in [5.74, 6) is 0.601. The largest absolute Gasteiger partial charge is 0.497 e. The summed E-state index contributed by atoms with van der Waals surface area (Å²) < 4.78 is 31.7. The molecule has 1 aromatic rings. The molecule has 5 nitrogen and oxygen atoms in total. The number of hydrogen-bond donors (Lipinski definition) is 2. The van der Waals surface area contributed by atoms with Gasteiger partial charge in [-0.15, -0.1) is 0 Å². The maximum Gasteiger partial charge on any atom is 0.241 e. The van der Waals surface area contributed by atoms with Gasteiger partial charge in [-0.25, -0.2) is 13.1 Å². The van der Waals surface area contributed by atoms with Crippen LogP contribution in [0.4, 0.5) is 0 Å². The van der Waals surface area contributed by atoms with Crippen molar-refractivity contribution < 1.29 is 18.3 Å². The molecule has 1 rings (SSSR count). The summed E-state index contributed by atoms with van der Waals surface area (Å²) in [6, 6.07) is 6.15. The van der Waals surface area contributed by atoms with Crippen LogP contribution in [-0.4, -0.2) is 32.8 Å². The first-order valence-corrected chi connectivity index (χ1v) is 7.08. The van der Waals surface area contributed by atoms with Gasteiger partial charge in [0.25, 0.3) is 0 Å². The maximum absolute atomic E-state index is 12.1. The van der Waals surface area contributed by atoms with Crippen molar-refractivity contribution in [3.8, 4) is 5.75 Å². The second kappa shape index (κ2) is 5.69. The molecule has 0 saturated carbocycles. The Morgan fingerprint density at radius 2 is 1.83 bits per heavy atom. The summed E-state index contributed by atoms with van der Waals surface area (Å²) in [5, 5.41) is 8.89. The Labute approximate surface area is 108 Å². The average molecular weight is 273 g/mol. The van der Waals surface area contributed by atoms with Crippen LogP contribution in [0.1, 0.15) is 20.3 Å². The Morgan fingerprint density at radius 3 is 2.28 bits per heavy atom. The first-order chi connectivity index (χ1) is 8.30. The minimum absolute atomic E-state index is 0.0713. The van der Waals surface area contributed by atoms with Crippen LogP contribution in [0.3, 0.4) is 0 Å². The predicted molar refractivity (Wildman–Crippen MR) is 69.1 cm³/mol. The van der Waals surface area contributed by atoms with Gasteiger partial charge < -0.3 is 9.84 Å². The predicted octanol–water partition coefficient (Wildman–Crippen LogP) is 1.13. The van der Waals surface area contributed by atoms with Gasteiger partial charge in [-0.05, 0) is 44.5 Å². The molecule has 0 aliphatic rings. The van der Waals surface area contributed by atoms with Crippen LogP contribution >= 0.6 is 0 Å². The Kier molecular flexibility index (Phi) is 4.72. The van der Waals surface area contributed by atoms with Gasteiger partial charge in [-0.1, -0.05) is 0 Å². The molecule has 0 aliphatic carbocycles. The zero-order chi connectivity index (χ0) is 13.8. The quantitative estimate of drug-likeness (QED) is 0.815. The van der Waals surface area contributed by atoms with Crippen LogP contribution < -0.4 is 9.46 Å². The van der Waals surface area contributed by atoms with E-state index in [0.29, 0.717) is 12.2 Å². The van der Waals surface area contributed by atoms with E-state index in [9.17, 15) is 8.42 Å². The molecule has 0 amide bonds. The van der Waals surface area contributed by atoms with Gasteiger partial charge in [0.15, 0.2) is 0 Å². The smallest absolute Gasteiger partial charge is 0.241 e. The number of ether oxygens (including phenoxy) is 1. The molecule has 0 saturated heterocycles. The SMILES string of the molecule is COc1ccc(S(=O)(=O)NC(C)(C)CCO)cc1. The molecule has 0 radical (unpaired) electrons. The third-order valence-electron chi connectivity index (χ3n) is 2.52. The Balaban J connectivity index is 2.92. The zero-order valence-corrected chi connectivity index (χ0v) is 11.6. The van der Waals surface area contributed by atoms with Crippen LogP contribution in [0.5, 0.6) is 5.75 Å². The highest BCUT2D eigenvalue weighted by Gasteiger charge is 2.25. The molecule has 0 heterocycles. The number of aliphatic hydroxyl groups excluding tert-OH is 1.